The van der Waals surface area contributed by atoms with Gasteiger partial charge in [0.15, 0.2) is 11.5 Å². The lowest BCUT2D eigenvalue weighted by atomic mass is 10.2. The molecule has 0 aliphatic rings. The molecule has 3 heteroatoms. The van der Waals surface area contributed by atoms with E-state index in [1.54, 1.807) is 0 Å². The van der Waals surface area contributed by atoms with Crippen LogP contribution in [-0.4, -0.2) is 19.0 Å². The number of thiol groups is 1. The predicted octanol–water partition coefficient (Wildman–Crippen LogP) is 3.95. The first-order valence-corrected chi connectivity index (χ1v) is 6.97. The van der Waals surface area contributed by atoms with Crippen molar-refractivity contribution in [1.29, 1.82) is 0 Å². The van der Waals surface area contributed by atoms with Crippen LogP contribution in [0.1, 0.15) is 32.6 Å². The van der Waals surface area contributed by atoms with Crippen molar-refractivity contribution >= 4 is 12.6 Å². The second-order valence-electron chi connectivity index (χ2n) is 3.87. The maximum Gasteiger partial charge on any atom is 0.161 e. The summed E-state index contributed by atoms with van der Waals surface area (Å²) in [5.41, 5.74) is 0. The van der Waals surface area contributed by atoms with E-state index in [2.05, 4.69) is 12.6 Å². The summed E-state index contributed by atoms with van der Waals surface area (Å²) in [4.78, 5) is 0. The van der Waals surface area contributed by atoms with Crippen LogP contribution in [0.2, 0.25) is 0 Å². The fraction of sp³-hybridized carbons (Fsp3) is 0.571. The highest BCUT2D eigenvalue weighted by Gasteiger charge is 2.02. The average Bonchev–Trinajstić information content (AvgIpc) is 2.36. The smallest absolute Gasteiger partial charge is 0.161 e. The third-order valence-electron chi connectivity index (χ3n) is 2.46. The van der Waals surface area contributed by atoms with Gasteiger partial charge in [0.1, 0.15) is 0 Å². The van der Waals surface area contributed by atoms with Crippen molar-refractivity contribution in [2.45, 2.75) is 32.6 Å². The molecule has 0 aliphatic heterocycles. The van der Waals surface area contributed by atoms with Crippen LogP contribution in [0.15, 0.2) is 24.3 Å². The second-order valence-corrected chi connectivity index (χ2v) is 4.31. The fourth-order valence-electron chi connectivity index (χ4n) is 1.59. The van der Waals surface area contributed by atoms with Gasteiger partial charge in [0.25, 0.3) is 0 Å². The molecule has 1 rings (SSSR count). The Morgan fingerprint density at radius 2 is 1.59 bits per heavy atom. The Balaban J connectivity index is 2.25. The third-order valence-corrected chi connectivity index (χ3v) is 2.78. The summed E-state index contributed by atoms with van der Waals surface area (Å²) >= 11 is 4.19. The molecule has 0 fully saturated rings. The van der Waals surface area contributed by atoms with E-state index in [-0.39, 0.29) is 0 Å². The molecular weight excluding hydrogens is 232 g/mol. The van der Waals surface area contributed by atoms with E-state index in [0.717, 1.165) is 30.3 Å². The molecule has 0 N–H and O–H groups in total. The van der Waals surface area contributed by atoms with Crippen LogP contribution >= 0.6 is 12.6 Å². The van der Waals surface area contributed by atoms with E-state index < -0.39 is 0 Å². The topological polar surface area (TPSA) is 18.5 Å². The van der Waals surface area contributed by atoms with Gasteiger partial charge in [-0.25, -0.2) is 0 Å². The Morgan fingerprint density at radius 1 is 0.941 bits per heavy atom. The molecular formula is C14H22O2S. The van der Waals surface area contributed by atoms with Gasteiger partial charge in [-0.3, -0.25) is 0 Å². The molecule has 17 heavy (non-hydrogen) atoms. The van der Waals surface area contributed by atoms with E-state index in [0.29, 0.717) is 6.61 Å². The van der Waals surface area contributed by atoms with Gasteiger partial charge in [-0.2, -0.15) is 12.6 Å². The maximum atomic E-state index is 5.73. The molecule has 2 nitrogen and oxygen atoms in total. The van der Waals surface area contributed by atoms with Gasteiger partial charge < -0.3 is 9.47 Å². The number of benzene rings is 1. The lowest BCUT2D eigenvalue weighted by Gasteiger charge is -2.11. The van der Waals surface area contributed by atoms with Crippen molar-refractivity contribution in [1.82, 2.24) is 0 Å². The molecule has 0 amide bonds. The van der Waals surface area contributed by atoms with Gasteiger partial charge in [0.2, 0.25) is 0 Å². The van der Waals surface area contributed by atoms with Crippen molar-refractivity contribution in [3.05, 3.63) is 24.3 Å². The minimum atomic E-state index is 0.669. The monoisotopic (exact) mass is 254 g/mol. The SMILES string of the molecule is CCOc1ccccc1OCCCCCCS. The standard InChI is InChI=1S/C14H22O2S/c1-2-15-13-9-5-6-10-14(13)16-11-7-3-4-8-12-17/h5-6,9-10,17H,2-4,7-8,11-12H2,1H3. The van der Waals surface area contributed by atoms with Crippen LogP contribution in [0, 0.1) is 0 Å². The van der Waals surface area contributed by atoms with Crippen molar-refractivity contribution in [3.63, 3.8) is 0 Å². The Labute approximate surface area is 110 Å². The summed E-state index contributed by atoms with van der Waals surface area (Å²) in [6.45, 7) is 3.41. The first-order chi connectivity index (χ1) is 8.38. The zero-order valence-corrected chi connectivity index (χ0v) is 11.4. The van der Waals surface area contributed by atoms with Crippen LogP contribution in [0.4, 0.5) is 0 Å². The van der Waals surface area contributed by atoms with Gasteiger partial charge in [-0.05, 0) is 37.7 Å². The van der Waals surface area contributed by atoms with Crippen molar-refractivity contribution in [2.24, 2.45) is 0 Å². The van der Waals surface area contributed by atoms with Gasteiger partial charge >= 0.3 is 0 Å². The molecule has 0 bridgehead atoms. The first-order valence-electron chi connectivity index (χ1n) is 6.34. The largest absolute Gasteiger partial charge is 0.490 e. The molecule has 0 unspecified atom stereocenters. The Kier molecular flexibility index (Phi) is 7.72. The lowest BCUT2D eigenvalue weighted by Crippen LogP contribution is -2.00. The van der Waals surface area contributed by atoms with Crippen LogP contribution in [0.25, 0.3) is 0 Å². The van der Waals surface area contributed by atoms with Crippen molar-refractivity contribution < 1.29 is 9.47 Å². The van der Waals surface area contributed by atoms with E-state index >= 15 is 0 Å². The van der Waals surface area contributed by atoms with E-state index in [1.807, 2.05) is 31.2 Å². The van der Waals surface area contributed by atoms with E-state index in [9.17, 15) is 0 Å². The Bertz CT molecular complexity index is 302. The summed E-state index contributed by atoms with van der Waals surface area (Å²) in [5.74, 6) is 2.67. The first kappa shape index (κ1) is 14.2. The van der Waals surface area contributed by atoms with Gasteiger partial charge in [-0.1, -0.05) is 25.0 Å². The number of rotatable bonds is 9. The molecule has 0 spiro atoms. The van der Waals surface area contributed by atoms with E-state index in [4.69, 9.17) is 9.47 Å². The van der Waals surface area contributed by atoms with Crippen molar-refractivity contribution in [3.8, 4) is 11.5 Å². The molecule has 1 aromatic carbocycles. The minimum Gasteiger partial charge on any atom is -0.490 e. The Hall–Kier alpha value is -0.830. The number of unbranched alkanes of at least 4 members (excludes halogenated alkanes) is 3. The molecule has 0 aliphatic carbocycles. The normalized spacial score (nSPS) is 10.2. The average molecular weight is 254 g/mol. The molecule has 0 saturated heterocycles. The molecule has 1 aromatic rings. The zero-order chi connectivity index (χ0) is 12.3. The molecule has 0 aromatic heterocycles. The summed E-state index contributed by atoms with van der Waals surface area (Å²) in [6, 6.07) is 7.84. The highest BCUT2D eigenvalue weighted by molar-refractivity contribution is 7.80. The van der Waals surface area contributed by atoms with Gasteiger partial charge in [-0.15, -0.1) is 0 Å². The quantitative estimate of drug-likeness (QED) is 0.531. The second kappa shape index (κ2) is 9.23. The number of hydrogen-bond donors (Lipinski definition) is 1. The number of ether oxygens (including phenoxy) is 2. The lowest BCUT2D eigenvalue weighted by molar-refractivity contribution is 0.270. The Morgan fingerprint density at radius 3 is 2.24 bits per heavy atom. The van der Waals surface area contributed by atoms with Crippen LogP contribution in [0.3, 0.4) is 0 Å². The highest BCUT2D eigenvalue weighted by Crippen LogP contribution is 2.26. The summed E-state index contributed by atoms with van der Waals surface area (Å²) in [7, 11) is 0. The maximum absolute atomic E-state index is 5.73. The van der Waals surface area contributed by atoms with Crippen molar-refractivity contribution in [2.75, 3.05) is 19.0 Å². The highest BCUT2D eigenvalue weighted by atomic mass is 32.1. The molecule has 96 valence electrons. The summed E-state index contributed by atoms with van der Waals surface area (Å²) in [5, 5.41) is 0. The van der Waals surface area contributed by atoms with E-state index in [1.165, 1.54) is 19.3 Å². The number of hydrogen-bond acceptors (Lipinski definition) is 3. The zero-order valence-electron chi connectivity index (χ0n) is 10.5. The van der Waals surface area contributed by atoms with Gasteiger partial charge in [0.05, 0.1) is 13.2 Å². The fourth-order valence-corrected chi connectivity index (χ4v) is 1.82. The molecule has 0 saturated carbocycles. The van der Waals surface area contributed by atoms with Crippen LogP contribution in [0.5, 0.6) is 11.5 Å². The molecule has 0 atom stereocenters. The summed E-state index contributed by atoms with van der Waals surface area (Å²) < 4.78 is 11.2. The van der Waals surface area contributed by atoms with Gasteiger partial charge in [0, 0.05) is 0 Å². The predicted molar refractivity (Wildman–Crippen MR) is 75.4 cm³/mol. The van der Waals surface area contributed by atoms with Crippen LogP contribution in [-0.2, 0) is 0 Å². The molecule has 0 heterocycles. The molecule has 0 radical (unpaired) electrons. The summed E-state index contributed by atoms with van der Waals surface area (Å²) in [6.07, 6.45) is 4.73. The third kappa shape index (κ3) is 5.87. The minimum absolute atomic E-state index is 0.669. The van der Waals surface area contributed by atoms with Crippen LogP contribution < -0.4 is 9.47 Å². The number of para-hydroxylation sites is 2.